The molecule has 0 aliphatic rings. The molecule has 1 heterocycles. The summed E-state index contributed by atoms with van der Waals surface area (Å²) in [6.07, 6.45) is 0.647. The zero-order valence-electron chi connectivity index (χ0n) is 15.1. The molecule has 28 heavy (non-hydrogen) atoms. The molecule has 4 rings (SSSR count). The summed E-state index contributed by atoms with van der Waals surface area (Å²) in [5.74, 6) is 0.879. The second-order valence-electron chi connectivity index (χ2n) is 6.41. The number of aromatic nitrogens is 2. The van der Waals surface area contributed by atoms with E-state index in [0.29, 0.717) is 29.7 Å². The first-order valence-corrected chi connectivity index (χ1v) is 9.39. The van der Waals surface area contributed by atoms with E-state index < -0.39 is 0 Å². The summed E-state index contributed by atoms with van der Waals surface area (Å²) in [5, 5.41) is 9.76. The number of fused-ring (bicyclic) bond motifs is 1. The monoisotopic (exact) mass is 391 g/mol. The number of benzene rings is 3. The van der Waals surface area contributed by atoms with E-state index in [1.807, 2.05) is 60.7 Å². The molecule has 0 unspecified atom stereocenters. The molecule has 4 aromatic rings. The fourth-order valence-electron chi connectivity index (χ4n) is 3.03. The molecular weight excluding hydrogens is 374 g/mol. The largest absolute Gasteiger partial charge is 0.352 e. The molecule has 0 aliphatic carbocycles. The van der Waals surface area contributed by atoms with E-state index in [4.69, 9.17) is 16.1 Å². The highest BCUT2D eigenvalue weighted by atomic mass is 35.5. The van der Waals surface area contributed by atoms with Crippen LogP contribution in [0.15, 0.2) is 71.3 Å². The quantitative estimate of drug-likeness (QED) is 0.513. The predicted octanol–water partition coefficient (Wildman–Crippen LogP) is 4.79. The fraction of sp³-hybridized carbons (Fsp3) is 0.136. The highest BCUT2D eigenvalue weighted by Crippen LogP contribution is 2.26. The van der Waals surface area contributed by atoms with Gasteiger partial charge in [0.2, 0.25) is 17.6 Å². The Kier molecular flexibility index (Phi) is 5.35. The Balaban J connectivity index is 1.38. The minimum atomic E-state index is -0.0927. The topological polar surface area (TPSA) is 68.0 Å². The first-order valence-electron chi connectivity index (χ1n) is 9.01. The van der Waals surface area contributed by atoms with Crippen molar-refractivity contribution in [3.05, 3.63) is 83.2 Å². The van der Waals surface area contributed by atoms with Crippen molar-refractivity contribution >= 4 is 28.3 Å². The third-order valence-electron chi connectivity index (χ3n) is 4.50. The lowest BCUT2D eigenvalue weighted by Gasteiger charge is -2.06. The maximum Gasteiger partial charge on any atom is 0.227 e. The summed E-state index contributed by atoms with van der Waals surface area (Å²) in [6.45, 7) is 0.392. The average molecular weight is 392 g/mol. The lowest BCUT2D eigenvalue weighted by atomic mass is 10.0. The Hall–Kier alpha value is -3.18. The normalized spacial score (nSPS) is 10.9. The summed E-state index contributed by atoms with van der Waals surface area (Å²) in [7, 11) is 0. The Morgan fingerprint density at radius 2 is 1.79 bits per heavy atom. The number of carbonyl (C=O) groups is 1. The molecule has 0 radical (unpaired) electrons. The second-order valence-corrected chi connectivity index (χ2v) is 6.81. The van der Waals surface area contributed by atoms with Crippen LogP contribution in [0.2, 0.25) is 5.02 Å². The molecule has 0 saturated carbocycles. The number of rotatable bonds is 6. The van der Waals surface area contributed by atoms with Crippen LogP contribution in [0.3, 0.4) is 0 Å². The van der Waals surface area contributed by atoms with E-state index in [1.165, 1.54) is 0 Å². The van der Waals surface area contributed by atoms with Crippen LogP contribution in [-0.4, -0.2) is 16.0 Å². The Morgan fingerprint density at radius 3 is 2.68 bits per heavy atom. The standard InChI is InChI=1S/C22H18ClN3O2/c23-19-11-4-2-7-16(19)14-24-20(27)12-13-21-25-22(26-28-21)18-10-5-8-15-6-1-3-9-17(15)18/h1-11H,12-14H2,(H,24,27). The molecule has 1 N–H and O–H groups in total. The summed E-state index contributed by atoms with van der Waals surface area (Å²) >= 11 is 6.10. The van der Waals surface area contributed by atoms with Crippen molar-refractivity contribution in [1.29, 1.82) is 0 Å². The first kappa shape index (κ1) is 18.2. The van der Waals surface area contributed by atoms with Crippen LogP contribution in [-0.2, 0) is 17.8 Å². The van der Waals surface area contributed by atoms with Crippen molar-refractivity contribution in [2.24, 2.45) is 0 Å². The number of halogens is 1. The van der Waals surface area contributed by atoms with E-state index >= 15 is 0 Å². The Bertz CT molecular complexity index is 1120. The van der Waals surface area contributed by atoms with Crippen LogP contribution in [0.5, 0.6) is 0 Å². The molecule has 6 heteroatoms. The van der Waals surface area contributed by atoms with Gasteiger partial charge < -0.3 is 9.84 Å². The van der Waals surface area contributed by atoms with Crippen LogP contribution in [0.25, 0.3) is 22.2 Å². The molecule has 0 atom stereocenters. The zero-order chi connectivity index (χ0) is 19.3. The third-order valence-corrected chi connectivity index (χ3v) is 4.87. The van der Waals surface area contributed by atoms with Gasteiger partial charge in [0.15, 0.2) is 0 Å². The van der Waals surface area contributed by atoms with Crippen LogP contribution in [0, 0.1) is 0 Å². The Labute approximate surface area is 167 Å². The van der Waals surface area contributed by atoms with Gasteiger partial charge in [0, 0.05) is 30.0 Å². The number of hydrogen-bond acceptors (Lipinski definition) is 4. The number of amides is 1. The summed E-state index contributed by atoms with van der Waals surface area (Å²) in [6, 6.07) is 21.5. The van der Waals surface area contributed by atoms with Gasteiger partial charge >= 0.3 is 0 Å². The van der Waals surface area contributed by atoms with E-state index in [2.05, 4.69) is 15.5 Å². The van der Waals surface area contributed by atoms with Gasteiger partial charge in [-0.1, -0.05) is 77.4 Å². The maximum absolute atomic E-state index is 12.1. The van der Waals surface area contributed by atoms with Gasteiger partial charge in [0.25, 0.3) is 0 Å². The highest BCUT2D eigenvalue weighted by Gasteiger charge is 2.13. The van der Waals surface area contributed by atoms with E-state index in [9.17, 15) is 4.79 Å². The molecule has 1 aromatic heterocycles. The van der Waals surface area contributed by atoms with Crippen LogP contribution in [0.1, 0.15) is 17.9 Å². The van der Waals surface area contributed by atoms with E-state index in [-0.39, 0.29) is 12.3 Å². The number of aryl methyl sites for hydroxylation is 1. The van der Waals surface area contributed by atoms with Gasteiger partial charge in [0.1, 0.15) is 0 Å². The predicted molar refractivity (Wildman–Crippen MR) is 109 cm³/mol. The van der Waals surface area contributed by atoms with Gasteiger partial charge in [-0.15, -0.1) is 0 Å². The molecule has 0 bridgehead atoms. The van der Waals surface area contributed by atoms with Crippen LogP contribution in [0.4, 0.5) is 0 Å². The highest BCUT2D eigenvalue weighted by molar-refractivity contribution is 6.31. The summed E-state index contributed by atoms with van der Waals surface area (Å²) < 4.78 is 5.34. The number of hydrogen-bond donors (Lipinski definition) is 1. The van der Waals surface area contributed by atoms with Crippen molar-refractivity contribution in [2.45, 2.75) is 19.4 Å². The molecule has 0 saturated heterocycles. The minimum Gasteiger partial charge on any atom is -0.352 e. The van der Waals surface area contributed by atoms with Crippen molar-refractivity contribution in [1.82, 2.24) is 15.5 Å². The van der Waals surface area contributed by atoms with Crippen LogP contribution >= 0.6 is 11.6 Å². The third kappa shape index (κ3) is 4.05. The summed E-state index contributed by atoms with van der Waals surface area (Å²) in [4.78, 5) is 16.6. The summed E-state index contributed by atoms with van der Waals surface area (Å²) in [5.41, 5.74) is 1.80. The van der Waals surface area contributed by atoms with Crippen molar-refractivity contribution in [2.75, 3.05) is 0 Å². The van der Waals surface area contributed by atoms with Crippen LogP contribution < -0.4 is 5.32 Å². The molecular formula is C22H18ClN3O2. The fourth-order valence-corrected chi connectivity index (χ4v) is 3.23. The van der Waals surface area contributed by atoms with Crippen molar-refractivity contribution in [3.8, 4) is 11.4 Å². The number of nitrogens with zero attached hydrogens (tertiary/aromatic N) is 2. The minimum absolute atomic E-state index is 0.0927. The first-order chi connectivity index (χ1) is 13.7. The van der Waals surface area contributed by atoms with Gasteiger partial charge in [-0.05, 0) is 22.4 Å². The molecule has 0 aliphatic heterocycles. The van der Waals surface area contributed by atoms with Gasteiger partial charge in [0.05, 0.1) is 0 Å². The van der Waals surface area contributed by atoms with Crippen molar-refractivity contribution < 1.29 is 9.32 Å². The molecule has 0 fully saturated rings. The molecule has 3 aromatic carbocycles. The smallest absolute Gasteiger partial charge is 0.227 e. The SMILES string of the molecule is O=C(CCc1nc(-c2cccc3ccccc23)no1)NCc1ccccc1Cl. The zero-order valence-corrected chi connectivity index (χ0v) is 15.8. The van der Waals surface area contributed by atoms with Gasteiger partial charge in [-0.25, -0.2) is 0 Å². The van der Waals surface area contributed by atoms with Gasteiger partial charge in [-0.2, -0.15) is 4.98 Å². The number of carbonyl (C=O) groups excluding carboxylic acids is 1. The lowest BCUT2D eigenvalue weighted by molar-refractivity contribution is -0.121. The maximum atomic E-state index is 12.1. The van der Waals surface area contributed by atoms with Gasteiger partial charge in [-0.3, -0.25) is 4.79 Å². The van der Waals surface area contributed by atoms with Crippen molar-refractivity contribution in [3.63, 3.8) is 0 Å². The lowest BCUT2D eigenvalue weighted by Crippen LogP contribution is -2.23. The molecule has 5 nitrogen and oxygen atoms in total. The molecule has 1 amide bonds. The molecule has 140 valence electrons. The Morgan fingerprint density at radius 1 is 1.00 bits per heavy atom. The van der Waals surface area contributed by atoms with E-state index in [1.54, 1.807) is 6.07 Å². The average Bonchev–Trinajstić information content (AvgIpc) is 3.20. The second kappa shape index (κ2) is 8.23. The van der Waals surface area contributed by atoms with E-state index in [0.717, 1.165) is 21.9 Å². The number of nitrogens with one attached hydrogen (secondary N) is 1. The molecule has 0 spiro atoms.